The number of hydrogen-bond donors (Lipinski definition) is 0. The molecule has 1 atom stereocenters. The molecule has 1 aromatic carbocycles. The van der Waals surface area contributed by atoms with Crippen molar-refractivity contribution in [1.29, 1.82) is 5.26 Å². The summed E-state index contributed by atoms with van der Waals surface area (Å²) in [5.74, 6) is -1.16. The summed E-state index contributed by atoms with van der Waals surface area (Å²) in [4.78, 5) is 12.9. The van der Waals surface area contributed by atoms with Gasteiger partial charge in [-0.15, -0.1) is 0 Å². The van der Waals surface area contributed by atoms with Crippen LogP contribution in [0.4, 0.5) is 17.6 Å². The number of hydrogen-bond acceptors (Lipinski definition) is 3. The molecule has 0 saturated heterocycles. The van der Waals surface area contributed by atoms with Crippen molar-refractivity contribution in [3.63, 3.8) is 0 Å². The van der Waals surface area contributed by atoms with E-state index in [2.05, 4.69) is 4.99 Å². The van der Waals surface area contributed by atoms with E-state index < -0.39 is 23.6 Å². The van der Waals surface area contributed by atoms with E-state index in [4.69, 9.17) is 5.26 Å². The molecule has 0 aliphatic rings. The van der Waals surface area contributed by atoms with Crippen molar-refractivity contribution in [3.8, 4) is 6.07 Å². The molecule has 0 heterocycles. The highest BCUT2D eigenvalue weighted by Crippen LogP contribution is 2.32. The predicted octanol–water partition coefficient (Wildman–Crippen LogP) is 2.74. The molecule has 0 radical (unpaired) electrons. The number of carbonyl (C=O) groups excluding carboxylic acids is 1. The smallest absolute Gasteiger partial charge is 0.211 e. The normalized spacial score (nSPS) is 12.4. The Morgan fingerprint density at radius 3 is 2.41 bits per heavy atom. The Morgan fingerprint density at radius 1 is 1.29 bits per heavy atom. The van der Waals surface area contributed by atoms with Crippen molar-refractivity contribution in [2.24, 2.45) is 4.99 Å². The highest BCUT2D eigenvalue weighted by Gasteiger charge is 2.32. The maximum atomic E-state index is 12.9. The van der Waals surface area contributed by atoms with Gasteiger partial charge in [-0.1, -0.05) is 0 Å². The second kappa shape index (κ2) is 4.76. The van der Waals surface area contributed by atoms with Crippen molar-refractivity contribution in [3.05, 3.63) is 35.1 Å². The molecule has 3 nitrogen and oxygen atoms in total. The molecule has 1 unspecified atom stereocenters. The van der Waals surface area contributed by atoms with Crippen LogP contribution < -0.4 is 0 Å². The van der Waals surface area contributed by atoms with E-state index in [-0.39, 0.29) is 5.56 Å². The molecule has 7 heteroatoms. The Labute approximate surface area is 93.0 Å². The first-order chi connectivity index (χ1) is 7.88. The van der Waals surface area contributed by atoms with Gasteiger partial charge in [-0.2, -0.15) is 23.4 Å². The van der Waals surface area contributed by atoms with Gasteiger partial charge in [-0.3, -0.25) is 0 Å². The average Bonchev–Trinajstić information content (AvgIpc) is 2.23. The van der Waals surface area contributed by atoms with Gasteiger partial charge in [0, 0.05) is 0 Å². The summed E-state index contributed by atoms with van der Waals surface area (Å²) in [6, 6.07) is 1.54. The van der Waals surface area contributed by atoms with Gasteiger partial charge in [0.15, 0.2) is 6.04 Å². The highest BCUT2D eigenvalue weighted by atomic mass is 19.4. The lowest BCUT2D eigenvalue weighted by Crippen LogP contribution is -2.07. The molecule has 0 aromatic heterocycles. The lowest BCUT2D eigenvalue weighted by molar-refractivity contribution is -0.137. The van der Waals surface area contributed by atoms with E-state index in [1.54, 1.807) is 0 Å². The van der Waals surface area contributed by atoms with Crippen molar-refractivity contribution >= 4 is 6.08 Å². The first kappa shape index (κ1) is 12.9. The van der Waals surface area contributed by atoms with E-state index in [1.165, 1.54) is 6.07 Å². The van der Waals surface area contributed by atoms with Crippen molar-refractivity contribution in [1.82, 2.24) is 0 Å². The zero-order valence-electron chi connectivity index (χ0n) is 8.12. The second-order valence-corrected chi connectivity index (χ2v) is 3.02. The molecule has 0 saturated carbocycles. The molecule has 17 heavy (non-hydrogen) atoms. The van der Waals surface area contributed by atoms with Gasteiger partial charge >= 0.3 is 6.18 Å². The maximum Gasteiger partial charge on any atom is 0.416 e. The van der Waals surface area contributed by atoms with Gasteiger partial charge in [0.25, 0.3) is 0 Å². The third-order valence-electron chi connectivity index (χ3n) is 1.87. The monoisotopic (exact) mass is 244 g/mol. The Kier molecular flexibility index (Phi) is 3.61. The second-order valence-electron chi connectivity index (χ2n) is 3.02. The number of nitriles is 1. The third-order valence-corrected chi connectivity index (χ3v) is 1.87. The van der Waals surface area contributed by atoms with E-state index in [1.807, 2.05) is 0 Å². The quantitative estimate of drug-likeness (QED) is 0.456. The third kappa shape index (κ3) is 3.13. The van der Waals surface area contributed by atoms with E-state index in [0.717, 1.165) is 6.08 Å². The van der Waals surface area contributed by atoms with Crippen LogP contribution in [0, 0.1) is 17.1 Å². The minimum atomic E-state index is -4.73. The predicted molar refractivity (Wildman–Crippen MR) is 47.9 cm³/mol. The number of isocyanates is 1. The van der Waals surface area contributed by atoms with Crippen LogP contribution in [0.2, 0.25) is 0 Å². The van der Waals surface area contributed by atoms with Crippen LogP contribution in [-0.4, -0.2) is 6.08 Å². The first-order valence-corrected chi connectivity index (χ1v) is 4.22. The molecule has 0 aliphatic carbocycles. The zero-order valence-corrected chi connectivity index (χ0v) is 8.12. The fourth-order valence-corrected chi connectivity index (χ4v) is 1.16. The number of rotatable bonds is 2. The summed E-state index contributed by atoms with van der Waals surface area (Å²) in [6.45, 7) is 0. The molecule has 0 aliphatic heterocycles. The maximum absolute atomic E-state index is 12.9. The van der Waals surface area contributed by atoms with E-state index in [9.17, 15) is 22.4 Å². The number of alkyl halides is 3. The van der Waals surface area contributed by atoms with Crippen LogP contribution in [0.1, 0.15) is 17.2 Å². The SMILES string of the molecule is N#CC(N=C=O)c1cc(F)cc(C(F)(F)F)c1. The summed E-state index contributed by atoms with van der Waals surface area (Å²) < 4.78 is 50.0. The largest absolute Gasteiger partial charge is 0.416 e. The first-order valence-electron chi connectivity index (χ1n) is 4.22. The Hall–Kier alpha value is -2.19. The van der Waals surface area contributed by atoms with Gasteiger partial charge in [-0.05, 0) is 23.8 Å². The standard InChI is InChI=1S/C10H4F4N2O/c11-8-2-6(9(4-15)16-5-17)1-7(3-8)10(12,13)14/h1-3,9H. The number of aliphatic imine (C=N–C) groups is 1. The minimum Gasteiger partial charge on any atom is -0.211 e. The topological polar surface area (TPSA) is 53.2 Å². The van der Waals surface area contributed by atoms with E-state index in [0.29, 0.717) is 18.2 Å². The molecule has 0 fully saturated rings. The summed E-state index contributed by atoms with van der Waals surface area (Å²) >= 11 is 0. The summed E-state index contributed by atoms with van der Waals surface area (Å²) in [5.41, 5.74) is -1.59. The Morgan fingerprint density at radius 2 is 1.94 bits per heavy atom. The summed E-state index contributed by atoms with van der Waals surface area (Å²) in [7, 11) is 0. The van der Waals surface area contributed by atoms with Crippen LogP contribution in [0.25, 0.3) is 0 Å². The van der Waals surface area contributed by atoms with Crippen molar-refractivity contribution in [2.75, 3.05) is 0 Å². The molecular formula is C10H4F4N2O. The highest BCUT2D eigenvalue weighted by molar-refractivity contribution is 5.39. The van der Waals surface area contributed by atoms with Crippen molar-refractivity contribution in [2.45, 2.75) is 12.2 Å². The molecule has 0 spiro atoms. The number of nitrogens with zero attached hydrogens (tertiary/aromatic N) is 2. The minimum absolute atomic E-state index is 0.294. The lowest BCUT2D eigenvalue weighted by Gasteiger charge is -2.09. The fourth-order valence-electron chi connectivity index (χ4n) is 1.16. The summed E-state index contributed by atoms with van der Waals surface area (Å²) in [6.07, 6.45) is -3.69. The molecule has 0 amide bonds. The van der Waals surface area contributed by atoms with Gasteiger partial charge in [0.1, 0.15) is 5.82 Å². The molecule has 0 N–H and O–H groups in total. The molecule has 1 rings (SSSR count). The number of halogens is 4. The lowest BCUT2D eigenvalue weighted by atomic mass is 10.0. The average molecular weight is 244 g/mol. The molecule has 88 valence electrons. The van der Waals surface area contributed by atoms with Gasteiger partial charge in [-0.25, -0.2) is 9.18 Å². The fraction of sp³-hybridized carbons (Fsp3) is 0.200. The van der Waals surface area contributed by atoms with Gasteiger partial charge in [0.2, 0.25) is 6.08 Å². The van der Waals surface area contributed by atoms with Gasteiger partial charge in [0.05, 0.1) is 11.6 Å². The van der Waals surface area contributed by atoms with Crippen LogP contribution in [0.3, 0.4) is 0 Å². The molecular weight excluding hydrogens is 240 g/mol. The molecule has 0 bridgehead atoms. The van der Waals surface area contributed by atoms with Crippen LogP contribution in [0.5, 0.6) is 0 Å². The number of benzene rings is 1. The Bertz CT molecular complexity index is 512. The summed E-state index contributed by atoms with van der Waals surface area (Å²) in [5, 5.41) is 8.57. The van der Waals surface area contributed by atoms with Crippen LogP contribution in [-0.2, 0) is 11.0 Å². The van der Waals surface area contributed by atoms with Crippen molar-refractivity contribution < 1.29 is 22.4 Å². The van der Waals surface area contributed by atoms with Gasteiger partial charge < -0.3 is 0 Å². The Balaban J connectivity index is 3.32. The molecule has 1 aromatic rings. The van der Waals surface area contributed by atoms with Crippen LogP contribution in [0.15, 0.2) is 23.2 Å². The van der Waals surface area contributed by atoms with E-state index >= 15 is 0 Å². The van der Waals surface area contributed by atoms with Crippen LogP contribution >= 0.6 is 0 Å². The zero-order chi connectivity index (χ0) is 13.1.